The van der Waals surface area contributed by atoms with Crippen molar-refractivity contribution in [2.24, 2.45) is 0 Å². The molecule has 0 saturated heterocycles. The van der Waals surface area contributed by atoms with E-state index in [1.165, 1.54) is 22.3 Å². The predicted octanol–water partition coefficient (Wildman–Crippen LogP) is 4.61. The molecule has 0 fully saturated rings. The van der Waals surface area contributed by atoms with Crippen molar-refractivity contribution in [2.45, 2.75) is 39.5 Å². The monoisotopic (exact) mass is 282 g/mol. The van der Waals surface area contributed by atoms with Crippen molar-refractivity contribution >= 4 is 0 Å². The second-order valence-corrected chi connectivity index (χ2v) is 5.36. The number of rotatable bonds is 8. The van der Waals surface area contributed by atoms with E-state index in [2.05, 4.69) is 62.4 Å². The standard InChI is InChI=1S/C20H26O/c1-3-17-9-5-7-11-19(17)13-15-21-16-14-20-12-8-6-10-18(20)4-2/h5-12H,3-4,13-16H2,1-2H3. The van der Waals surface area contributed by atoms with Gasteiger partial charge in [-0.3, -0.25) is 0 Å². The molecule has 2 aromatic carbocycles. The van der Waals surface area contributed by atoms with Gasteiger partial charge in [0.05, 0.1) is 13.2 Å². The Morgan fingerprint density at radius 3 is 1.38 bits per heavy atom. The number of aryl methyl sites for hydroxylation is 2. The van der Waals surface area contributed by atoms with Gasteiger partial charge in [0.1, 0.15) is 0 Å². The molecule has 0 amide bonds. The lowest BCUT2D eigenvalue weighted by Crippen LogP contribution is -2.05. The minimum absolute atomic E-state index is 0.811. The van der Waals surface area contributed by atoms with Crippen LogP contribution in [0, 0.1) is 0 Å². The third-order valence-electron chi connectivity index (χ3n) is 4.03. The fourth-order valence-corrected chi connectivity index (χ4v) is 2.76. The summed E-state index contributed by atoms with van der Waals surface area (Å²) in [7, 11) is 0. The van der Waals surface area contributed by atoms with E-state index < -0.39 is 0 Å². The number of hydrogen-bond donors (Lipinski definition) is 0. The molecule has 0 spiro atoms. The average Bonchev–Trinajstić information content (AvgIpc) is 2.55. The smallest absolute Gasteiger partial charge is 0.0506 e. The van der Waals surface area contributed by atoms with E-state index in [-0.39, 0.29) is 0 Å². The second kappa shape index (κ2) is 8.63. The first-order valence-electron chi connectivity index (χ1n) is 8.06. The van der Waals surface area contributed by atoms with Crippen molar-refractivity contribution in [3.63, 3.8) is 0 Å². The number of ether oxygens (including phenoxy) is 1. The second-order valence-electron chi connectivity index (χ2n) is 5.36. The fourth-order valence-electron chi connectivity index (χ4n) is 2.76. The Kier molecular flexibility index (Phi) is 6.49. The van der Waals surface area contributed by atoms with Crippen LogP contribution in [0.3, 0.4) is 0 Å². The van der Waals surface area contributed by atoms with E-state index in [0.29, 0.717) is 0 Å². The van der Waals surface area contributed by atoms with Crippen molar-refractivity contribution in [3.8, 4) is 0 Å². The summed E-state index contributed by atoms with van der Waals surface area (Å²) in [6, 6.07) is 17.3. The zero-order valence-corrected chi connectivity index (χ0v) is 13.3. The van der Waals surface area contributed by atoms with Crippen molar-refractivity contribution < 1.29 is 4.74 Å². The maximum atomic E-state index is 5.84. The molecule has 0 unspecified atom stereocenters. The minimum Gasteiger partial charge on any atom is -0.381 e. The third-order valence-corrected chi connectivity index (χ3v) is 4.03. The van der Waals surface area contributed by atoms with E-state index in [9.17, 15) is 0 Å². The summed E-state index contributed by atoms with van der Waals surface area (Å²) in [5.41, 5.74) is 5.73. The molecular formula is C20H26O. The first kappa shape index (κ1) is 15.8. The fraction of sp³-hybridized carbons (Fsp3) is 0.400. The van der Waals surface area contributed by atoms with Gasteiger partial charge in [-0.25, -0.2) is 0 Å². The molecule has 0 bridgehead atoms. The Morgan fingerprint density at radius 2 is 1.00 bits per heavy atom. The summed E-state index contributed by atoms with van der Waals surface area (Å²) in [6.45, 7) is 6.04. The Balaban J connectivity index is 1.75. The first-order valence-corrected chi connectivity index (χ1v) is 8.06. The third kappa shape index (κ3) is 4.71. The van der Waals surface area contributed by atoms with Gasteiger partial charge < -0.3 is 4.74 Å². The number of benzene rings is 2. The average molecular weight is 282 g/mol. The van der Waals surface area contributed by atoms with E-state index in [0.717, 1.165) is 38.9 Å². The minimum atomic E-state index is 0.811. The van der Waals surface area contributed by atoms with Crippen molar-refractivity contribution in [1.82, 2.24) is 0 Å². The quantitative estimate of drug-likeness (QED) is 0.642. The molecule has 0 aromatic heterocycles. The molecule has 112 valence electrons. The molecule has 0 radical (unpaired) electrons. The molecule has 0 aliphatic rings. The van der Waals surface area contributed by atoms with Crippen molar-refractivity contribution in [1.29, 1.82) is 0 Å². The Morgan fingerprint density at radius 1 is 0.619 bits per heavy atom. The van der Waals surface area contributed by atoms with Crippen LogP contribution in [-0.2, 0) is 30.4 Å². The summed E-state index contributed by atoms with van der Waals surface area (Å²) in [5, 5.41) is 0. The van der Waals surface area contributed by atoms with Crippen molar-refractivity contribution in [2.75, 3.05) is 13.2 Å². The van der Waals surface area contributed by atoms with Crippen LogP contribution in [0.15, 0.2) is 48.5 Å². The van der Waals surface area contributed by atoms with E-state index >= 15 is 0 Å². The molecule has 1 heteroatoms. The molecule has 0 N–H and O–H groups in total. The van der Waals surface area contributed by atoms with Crippen molar-refractivity contribution in [3.05, 3.63) is 70.8 Å². The molecule has 0 saturated carbocycles. The Hall–Kier alpha value is -1.60. The molecule has 0 aliphatic carbocycles. The van der Waals surface area contributed by atoms with Crippen LogP contribution in [0.2, 0.25) is 0 Å². The summed E-state index contributed by atoms with van der Waals surface area (Å²) < 4.78 is 5.84. The molecule has 2 aromatic rings. The van der Waals surface area contributed by atoms with Crippen LogP contribution in [-0.4, -0.2) is 13.2 Å². The summed E-state index contributed by atoms with van der Waals surface area (Å²) >= 11 is 0. The highest BCUT2D eigenvalue weighted by Crippen LogP contribution is 2.12. The maximum absolute atomic E-state index is 5.84. The van der Waals surface area contributed by atoms with Crippen LogP contribution in [0.5, 0.6) is 0 Å². The lowest BCUT2D eigenvalue weighted by Gasteiger charge is -2.10. The molecule has 21 heavy (non-hydrogen) atoms. The van der Waals surface area contributed by atoms with Gasteiger partial charge in [0.15, 0.2) is 0 Å². The molecule has 1 nitrogen and oxygen atoms in total. The van der Waals surface area contributed by atoms with Crippen LogP contribution in [0.25, 0.3) is 0 Å². The van der Waals surface area contributed by atoms with Crippen LogP contribution >= 0.6 is 0 Å². The van der Waals surface area contributed by atoms with Gasteiger partial charge >= 0.3 is 0 Å². The lowest BCUT2D eigenvalue weighted by atomic mass is 10.0. The number of hydrogen-bond acceptors (Lipinski definition) is 1. The molecule has 0 heterocycles. The highest BCUT2D eigenvalue weighted by atomic mass is 16.5. The maximum Gasteiger partial charge on any atom is 0.0506 e. The summed E-state index contributed by atoms with van der Waals surface area (Å²) in [5.74, 6) is 0. The van der Waals surface area contributed by atoms with Gasteiger partial charge in [-0.1, -0.05) is 62.4 Å². The predicted molar refractivity (Wildman–Crippen MR) is 89.9 cm³/mol. The van der Waals surface area contributed by atoms with Crippen LogP contribution < -0.4 is 0 Å². The van der Waals surface area contributed by atoms with Gasteiger partial charge in [-0.15, -0.1) is 0 Å². The summed E-state index contributed by atoms with van der Waals surface area (Å²) in [6.07, 6.45) is 4.22. The summed E-state index contributed by atoms with van der Waals surface area (Å²) in [4.78, 5) is 0. The molecule has 0 atom stereocenters. The normalized spacial score (nSPS) is 10.8. The zero-order valence-electron chi connectivity index (χ0n) is 13.3. The Bertz CT molecular complexity index is 496. The molecule has 2 rings (SSSR count). The topological polar surface area (TPSA) is 9.23 Å². The van der Waals surface area contributed by atoms with E-state index in [1.54, 1.807) is 0 Å². The van der Waals surface area contributed by atoms with Gasteiger partial charge in [-0.05, 0) is 47.9 Å². The van der Waals surface area contributed by atoms with E-state index in [4.69, 9.17) is 4.74 Å². The van der Waals surface area contributed by atoms with Gasteiger partial charge in [0.2, 0.25) is 0 Å². The zero-order chi connectivity index (χ0) is 14.9. The van der Waals surface area contributed by atoms with Gasteiger partial charge in [0, 0.05) is 0 Å². The first-order chi connectivity index (χ1) is 10.3. The van der Waals surface area contributed by atoms with Crippen LogP contribution in [0.1, 0.15) is 36.1 Å². The molecular weight excluding hydrogens is 256 g/mol. The van der Waals surface area contributed by atoms with E-state index in [1.807, 2.05) is 0 Å². The highest BCUT2D eigenvalue weighted by molar-refractivity contribution is 5.28. The molecule has 0 aliphatic heterocycles. The highest BCUT2D eigenvalue weighted by Gasteiger charge is 2.01. The SMILES string of the molecule is CCc1ccccc1CCOCCc1ccccc1CC. The lowest BCUT2D eigenvalue weighted by molar-refractivity contribution is 0.140. The Labute approximate surface area is 129 Å². The van der Waals surface area contributed by atoms with Gasteiger partial charge in [-0.2, -0.15) is 0 Å². The van der Waals surface area contributed by atoms with Crippen LogP contribution in [0.4, 0.5) is 0 Å². The van der Waals surface area contributed by atoms with Gasteiger partial charge in [0.25, 0.3) is 0 Å². The largest absolute Gasteiger partial charge is 0.381 e.